The Labute approximate surface area is 104 Å². The van der Waals surface area contributed by atoms with Gasteiger partial charge < -0.3 is 5.11 Å². The van der Waals surface area contributed by atoms with Crippen molar-refractivity contribution in [2.24, 2.45) is 0 Å². The van der Waals surface area contributed by atoms with Crippen LogP contribution in [0.4, 0.5) is 8.78 Å². The lowest BCUT2D eigenvalue weighted by atomic mass is 10.2. The average Bonchev–Trinajstić information content (AvgIpc) is 2.52. The second-order valence-corrected chi connectivity index (χ2v) is 4.24. The van der Waals surface area contributed by atoms with Gasteiger partial charge in [0.2, 0.25) is 0 Å². The van der Waals surface area contributed by atoms with E-state index in [9.17, 15) is 13.9 Å². The van der Waals surface area contributed by atoms with Gasteiger partial charge in [-0.05, 0) is 31.5 Å². The molecule has 0 amide bonds. The van der Waals surface area contributed by atoms with E-state index in [1.807, 2.05) is 6.92 Å². The van der Waals surface area contributed by atoms with Gasteiger partial charge >= 0.3 is 0 Å². The Hall–Kier alpha value is -1.75. The third kappa shape index (κ3) is 2.41. The van der Waals surface area contributed by atoms with E-state index in [0.29, 0.717) is 5.56 Å². The Morgan fingerprint density at radius 2 is 1.78 bits per heavy atom. The molecular formula is C13H14F2N2O. The molecule has 1 aromatic heterocycles. The van der Waals surface area contributed by atoms with Crippen LogP contribution in [0, 0.1) is 25.5 Å². The molecule has 1 heterocycles. The molecule has 0 fully saturated rings. The molecule has 0 bridgehead atoms. The molecule has 0 aliphatic heterocycles. The van der Waals surface area contributed by atoms with Crippen LogP contribution in [-0.4, -0.2) is 14.9 Å². The number of hydrogen-bond acceptors (Lipinski definition) is 2. The van der Waals surface area contributed by atoms with Crippen molar-refractivity contribution in [3.05, 3.63) is 52.3 Å². The summed E-state index contributed by atoms with van der Waals surface area (Å²) in [4.78, 5) is 0. The van der Waals surface area contributed by atoms with Crippen molar-refractivity contribution >= 4 is 0 Å². The molecule has 1 N–H and O–H groups in total. The predicted molar refractivity (Wildman–Crippen MR) is 63.1 cm³/mol. The number of aromatic nitrogens is 2. The second-order valence-electron chi connectivity index (χ2n) is 4.24. The highest BCUT2D eigenvalue weighted by Crippen LogP contribution is 2.15. The number of rotatable bonds is 3. The quantitative estimate of drug-likeness (QED) is 0.910. The van der Waals surface area contributed by atoms with Gasteiger partial charge in [-0.15, -0.1) is 0 Å². The fraction of sp³-hybridized carbons (Fsp3) is 0.308. The topological polar surface area (TPSA) is 38.0 Å². The molecule has 0 atom stereocenters. The molecule has 1 aromatic carbocycles. The Kier molecular flexibility index (Phi) is 3.43. The molecule has 0 saturated heterocycles. The van der Waals surface area contributed by atoms with Gasteiger partial charge in [0.05, 0.1) is 18.8 Å². The van der Waals surface area contributed by atoms with Crippen molar-refractivity contribution in [1.82, 2.24) is 9.78 Å². The first kappa shape index (κ1) is 12.7. The largest absolute Gasteiger partial charge is 0.392 e. The zero-order chi connectivity index (χ0) is 13.3. The van der Waals surface area contributed by atoms with Crippen LogP contribution in [0.25, 0.3) is 0 Å². The summed E-state index contributed by atoms with van der Waals surface area (Å²) in [5.74, 6) is -1.21. The van der Waals surface area contributed by atoms with Crippen molar-refractivity contribution in [2.75, 3.05) is 0 Å². The second kappa shape index (κ2) is 4.86. The van der Waals surface area contributed by atoms with Crippen LogP contribution in [0.3, 0.4) is 0 Å². The Balaban J connectivity index is 2.34. The van der Waals surface area contributed by atoms with E-state index in [-0.39, 0.29) is 13.2 Å². The van der Waals surface area contributed by atoms with Crippen LogP contribution in [0.15, 0.2) is 18.2 Å². The van der Waals surface area contributed by atoms with Crippen molar-refractivity contribution < 1.29 is 13.9 Å². The third-order valence-corrected chi connectivity index (χ3v) is 2.94. The zero-order valence-corrected chi connectivity index (χ0v) is 10.2. The van der Waals surface area contributed by atoms with Gasteiger partial charge in [-0.25, -0.2) is 8.78 Å². The Bertz CT molecular complexity index is 558. The number of halogens is 2. The van der Waals surface area contributed by atoms with E-state index in [2.05, 4.69) is 5.10 Å². The van der Waals surface area contributed by atoms with Gasteiger partial charge in [0.15, 0.2) is 0 Å². The summed E-state index contributed by atoms with van der Waals surface area (Å²) in [6, 6.07) is 3.39. The first-order valence-corrected chi connectivity index (χ1v) is 5.60. The highest BCUT2D eigenvalue weighted by molar-refractivity contribution is 5.25. The highest BCUT2D eigenvalue weighted by atomic mass is 19.1. The molecule has 0 aliphatic rings. The third-order valence-electron chi connectivity index (χ3n) is 2.94. The van der Waals surface area contributed by atoms with Crippen LogP contribution in [0.5, 0.6) is 0 Å². The van der Waals surface area contributed by atoms with Crippen molar-refractivity contribution in [2.45, 2.75) is 27.0 Å². The number of hydrogen-bond donors (Lipinski definition) is 1. The number of nitrogens with zero attached hydrogens (tertiary/aromatic N) is 2. The molecule has 2 aromatic rings. The van der Waals surface area contributed by atoms with Gasteiger partial charge in [-0.3, -0.25) is 4.68 Å². The fourth-order valence-corrected chi connectivity index (χ4v) is 1.99. The van der Waals surface area contributed by atoms with Crippen molar-refractivity contribution in [3.63, 3.8) is 0 Å². The standard InChI is InChI=1S/C13H14F2N2O/c1-8-13(7-18)9(2)17(16-8)6-10-3-11(14)5-12(15)4-10/h3-5,18H,6-7H2,1-2H3. The van der Waals surface area contributed by atoms with Crippen molar-refractivity contribution in [3.8, 4) is 0 Å². The van der Waals surface area contributed by atoms with Crippen LogP contribution in [-0.2, 0) is 13.2 Å². The van der Waals surface area contributed by atoms with Crippen LogP contribution in [0.2, 0.25) is 0 Å². The molecule has 0 radical (unpaired) electrons. The maximum Gasteiger partial charge on any atom is 0.126 e. The Morgan fingerprint density at radius 3 is 2.28 bits per heavy atom. The minimum Gasteiger partial charge on any atom is -0.392 e. The summed E-state index contributed by atoms with van der Waals surface area (Å²) in [6.07, 6.45) is 0. The first-order valence-electron chi connectivity index (χ1n) is 5.60. The van der Waals surface area contributed by atoms with E-state index in [1.54, 1.807) is 11.6 Å². The maximum atomic E-state index is 13.1. The smallest absolute Gasteiger partial charge is 0.126 e. The molecule has 0 saturated carbocycles. The molecule has 0 spiro atoms. The number of aliphatic hydroxyl groups is 1. The van der Waals surface area contributed by atoms with Crippen LogP contribution in [0.1, 0.15) is 22.5 Å². The van der Waals surface area contributed by atoms with Crippen molar-refractivity contribution in [1.29, 1.82) is 0 Å². The first-order chi connectivity index (χ1) is 8.51. The molecular weight excluding hydrogens is 238 g/mol. The van der Waals surface area contributed by atoms with Crippen LogP contribution < -0.4 is 0 Å². The summed E-state index contributed by atoms with van der Waals surface area (Å²) in [7, 11) is 0. The molecule has 5 heteroatoms. The number of aryl methyl sites for hydroxylation is 1. The zero-order valence-electron chi connectivity index (χ0n) is 10.2. The van der Waals surface area contributed by atoms with E-state index < -0.39 is 11.6 Å². The summed E-state index contributed by atoms with van der Waals surface area (Å²) in [5.41, 5.74) is 2.79. The summed E-state index contributed by atoms with van der Waals surface area (Å²) >= 11 is 0. The summed E-state index contributed by atoms with van der Waals surface area (Å²) in [5, 5.41) is 13.4. The fourth-order valence-electron chi connectivity index (χ4n) is 1.99. The monoisotopic (exact) mass is 252 g/mol. The summed E-state index contributed by atoms with van der Waals surface area (Å²) in [6.45, 7) is 3.80. The van der Waals surface area contributed by atoms with E-state index >= 15 is 0 Å². The molecule has 18 heavy (non-hydrogen) atoms. The molecule has 0 aliphatic carbocycles. The lowest BCUT2D eigenvalue weighted by molar-refractivity contribution is 0.280. The lowest BCUT2D eigenvalue weighted by Gasteiger charge is -2.05. The van der Waals surface area contributed by atoms with Gasteiger partial charge in [-0.2, -0.15) is 5.10 Å². The maximum absolute atomic E-state index is 13.1. The normalized spacial score (nSPS) is 10.9. The predicted octanol–water partition coefficient (Wildman–Crippen LogP) is 2.32. The van der Waals surface area contributed by atoms with E-state index in [4.69, 9.17) is 0 Å². The number of benzene rings is 1. The highest BCUT2D eigenvalue weighted by Gasteiger charge is 2.11. The molecule has 2 rings (SSSR count). The van der Waals surface area contributed by atoms with Gasteiger partial charge in [0, 0.05) is 17.3 Å². The number of aliphatic hydroxyl groups excluding tert-OH is 1. The van der Waals surface area contributed by atoms with Gasteiger partial charge in [0.25, 0.3) is 0 Å². The van der Waals surface area contributed by atoms with E-state index in [0.717, 1.165) is 23.0 Å². The summed E-state index contributed by atoms with van der Waals surface area (Å²) < 4.78 is 27.8. The van der Waals surface area contributed by atoms with Gasteiger partial charge in [-0.1, -0.05) is 0 Å². The molecule has 0 unspecified atom stereocenters. The van der Waals surface area contributed by atoms with Crippen LogP contribution >= 0.6 is 0 Å². The minimum atomic E-state index is -0.603. The van der Waals surface area contributed by atoms with E-state index in [1.165, 1.54) is 12.1 Å². The molecule has 96 valence electrons. The average molecular weight is 252 g/mol. The Morgan fingerprint density at radius 1 is 1.17 bits per heavy atom. The lowest BCUT2D eigenvalue weighted by Crippen LogP contribution is -2.05. The molecule has 3 nitrogen and oxygen atoms in total. The SMILES string of the molecule is Cc1nn(Cc2cc(F)cc(F)c2)c(C)c1CO. The minimum absolute atomic E-state index is 0.0881. The van der Waals surface area contributed by atoms with Gasteiger partial charge in [0.1, 0.15) is 11.6 Å².